The molecule has 15 aromatic rings. The number of rotatable bonds is 10. The molecule has 0 saturated heterocycles. The quantitative estimate of drug-likeness (QED) is 0.126. The van der Waals surface area contributed by atoms with Gasteiger partial charge >= 0.3 is 0 Å². The Balaban J connectivity index is 1.08. The fourth-order valence-electron chi connectivity index (χ4n) is 17.4. The van der Waals surface area contributed by atoms with E-state index < -0.39 is 48.4 Å². The van der Waals surface area contributed by atoms with Gasteiger partial charge in [0.2, 0.25) is 0 Å². The number of benzene rings is 14. The molecule has 2 aliphatic rings. The van der Waals surface area contributed by atoms with Gasteiger partial charge in [0.15, 0.2) is 0 Å². The largest absolute Gasteiger partial charge is 0.310 e. The van der Waals surface area contributed by atoms with Crippen molar-refractivity contribution in [3.05, 3.63) is 336 Å². The van der Waals surface area contributed by atoms with E-state index in [1.165, 1.54) is 27.8 Å². The van der Waals surface area contributed by atoms with E-state index >= 15 is 0 Å². The second kappa shape index (κ2) is 28.2. The van der Waals surface area contributed by atoms with Crippen LogP contribution in [0.4, 0.5) is 34.1 Å². The summed E-state index contributed by atoms with van der Waals surface area (Å²) in [6.45, 7) is 47.4. The number of para-hydroxylation sites is 2. The third kappa shape index (κ3) is 14.0. The Bertz CT molecular complexity index is 6520. The molecule has 3 heterocycles. The van der Waals surface area contributed by atoms with E-state index in [-0.39, 0.29) is 66.4 Å². The van der Waals surface area contributed by atoms with E-state index in [2.05, 4.69) is 398 Å². The van der Waals surface area contributed by atoms with Gasteiger partial charge in [0, 0.05) is 61.5 Å². The van der Waals surface area contributed by atoms with Crippen molar-refractivity contribution in [2.75, 3.05) is 9.80 Å². The number of nitrogens with zero attached hydrogens (tertiary/aromatic N) is 3. The Morgan fingerprint density at radius 2 is 0.560 bits per heavy atom. The summed E-state index contributed by atoms with van der Waals surface area (Å²) >= 11 is 0. The summed E-state index contributed by atoms with van der Waals surface area (Å²) in [4.78, 5) is 5.14. The Kier molecular flexibility index (Phi) is 16.5. The van der Waals surface area contributed by atoms with Crippen molar-refractivity contribution in [2.24, 2.45) is 0 Å². The summed E-state index contributed by atoms with van der Waals surface area (Å²) in [5.74, 6) is 0. The van der Waals surface area contributed by atoms with Gasteiger partial charge in [-0.05, 0) is 234 Å². The molecule has 578 valence electrons. The van der Waals surface area contributed by atoms with Crippen LogP contribution in [0.1, 0.15) is 195 Å². The molecule has 0 spiro atoms. The SMILES string of the molecule is [2H]c1c([2H])c([2H])c2c(c1[2H])c1c([2H])c([2H])c([2H])c([2H])c1n2-c1ccc2c(c1)N(c1c(-c3ccccc3)cc(C(C)(C)C)cc1-c1ccccc1)c1cc(C(C)(C)C)cc3c1B2c1cc(-c2cc(-c4ccc(C(C)(C)C)cc4)cc(-c4ccc(C(C)(C)C)cc4)c2)ccc1N3c1c(-c2ccc(C(C)(C)C)cc2)cc(C(C)(C)C)cc1-c1ccc(C(C)(C)C)cc1. The van der Waals surface area contributed by atoms with E-state index in [0.29, 0.717) is 5.69 Å². The normalized spacial score (nSPS) is 14.3. The lowest BCUT2D eigenvalue weighted by molar-refractivity contribution is 0.589. The third-order valence-corrected chi connectivity index (χ3v) is 24.3. The minimum Gasteiger partial charge on any atom is -0.310 e. The summed E-state index contributed by atoms with van der Waals surface area (Å²) in [5, 5.41) is 0.0229. The highest BCUT2D eigenvalue weighted by Gasteiger charge is 2.47. The zero-order chi connectivity index (χ0) is 88.6. The van der Waals surface area contributed by atoms with E-state index in [0.717, 1.165) is 140 Å². The van der Waals surface area contributed by atoms with Crippen LogP contribution in [0, 0.1) is 0 Å². The molecule has 0 unspecified atom stereocenters. The fourth-order valence-corrected chi connectivity index (χ4v) is 17.4. The maximum Gasteiger partial charge on any atom is 0.252 e. The summed E-state index contributed by atoms with van der Waals surface area (Å²) in [6, 6.07) is 90.1. The van der Waals surface area contributed by atoms with Gasteiger partial charge < -0.3 is 14.4 Å². The lowest BCUT2D eigenvalue weighted by atomic mass is 9.33. The molecule has 0 amide bonds. The first kappa shape index (κ1) is 67.8. The second-order valence-corrected chi connectivity index (χ2v) is 39.8. The minimum atomic E-state index is -0.553. The Hall–Kier alpha value is -11.5. The van der Waals surface area contributed by atoms with E-state index in [4.69, 9.17) is 0 Å². The maximum atomic E-state index is 10.0. The van der Waals surface area contributed by atoms with Gasteiger partial charge in [0.05, 0.1) is 33.4 Å². The predicted molar refractivity (Wildman–Crippen MR) is 504 cm³/mol. The van der Waals surface area contributed by atoms with Crippen molar-refractivity contribution < 1.29 is 11.0 Å². The molecule has 0 fully saturated rings. The summed E-state index contributed by atoms with van der Waals surface area (Å²) < 4.78 is 78.4. The molecule has 116 heavy (non-hydrogen) atoms. The molecular weight excluding hydrogens is 1400 g/mol. The highest BCUT2D eigenvalue weighted by molar-refractivity contribution is 7.00. The molecule has 1 aromatic heterocycles. The highest BCUT2D eigenvalue weighted by Crippen LogP contribution is 2.56. The van der Waals surface area contributed by atoms with Crippen molar-refractivity contribution >= 4 is 79.0 Å². The molecular formula is C112H112BN3. The zero-order valence-corrected chi connectivity index (χ0v) is 71.6. The van der Waals surface area contributed by atoms with Gasteiger partial charge in [-0.15, -0.1) is 0 Å². The molecule has 0 atom stereocenters. The Morgan fingerprint density at radius 1 is 0.241 bits per heavy atom. The lowest BCUT2D eigenvalue weighted by Gasteiger charge is -2.47. The van der Waals surface area contributed by atoms with Crippen LogP contribution in [0.5, 0.6) is 0 Å². The van der Waals surface area contributed by atoms with E-state index in [1.807, 2.05) is 6.07 Å². The molecule has 0 N–H and O–H groups in total. The second-order valence-electron chi connectivity index (χ2n) is 39.8. The summed E-state index contributed by atoms with van der Waals surface area (Å²) in [5.41, 5.74) is 30.7. The summed E-state index contributed by atoms with van der Waals surface area (Å²) in [6.07, 6.45) is 0. The first-order valence-corrected chi connectivity index (χ1v) is 41.4. The van der Waals surface area contributed by atoms with Crippen LogP contribution < -0.4 is 26.2 Å². The molecule has 4 heteroatoms. The highest BCUT2D eigenvalue weighted by atomic mass is 15.2. The molecule has 14 aromatic carbocycles. The molecule has 0 radical (unpaired) electrons. The van der Waals surface area contributed by atoms with Crippen LogP contribution in [0.15, 0.2) is 297 Å². The van der Waals surface area contributed by atoms with Crippen molar-refractivity contribution in [3.63, 3.8) is 0 Å². The van der Waals surface area contributed by atoms with Gasteiger partial charge in [0.1, 0.15) is 0 Å². The van der Waals surface area contributed by atoms with Gasteiger partial charge in [-0.2, -0.15) is 0 Å². The average Bonchev–Trinajstić information content (AvgIpc) is 0.936. The minimum absolute atomic E-state index is 0.0114. The first-order valence-electron chi connectivity index (χ1n) is 45.4. The van der Waals surface area contributed by atoms with Gasteiger partial charge in [-0.3, -0.25) is 0 Å². The maximum absolute atomic E-state index is 10.0. The summed E-state index contributed by atoms with van der Waals surface area (Å²) in [7, 11) is 0. The topological polar surface area (TPSA) is 11.4 Å². The van der Waals surface area contributed by atoms with Crippen LogP contribution in [-0.4, -0.2) is 11.3 Å². The smallest absolute Gasteiger partial charge is 0.252 e. The standard InChI is InChI=1S/C112H112BN3/c1-106(2,3)81-49-40-71(41-50-81)78-60-79(72-42-51-82(52-43-72)107(4,5)6)62-80(61-78)77-48-59-99-96(63-77)113-95-58-57-88(114-97-38-30-28-36-89(97)90-37-29-31-39-98(90)114)70-100(95)116(105-91(73-32-24-22-25-33-73)64-85(110(13,14)15)65-92(105)74-34-26-23-27-35-74)102-69-87(112(19,20)21)68-101(103(102)113)115(99)104-93(75-44-53-83(54-45-75)108(7,8)9)66-86(111(16,17)18)67-94(104)76-46-55-84(56-47-76)109(10,11)12/h22-70H,1-21H3/i28D,29D,30D,31D,36D,37D,38D,39D. The van der Waals surface area contributed by atoms with Crippen LogP contribution in [0.2, 0.25) is 0 Å². The molecule has 17 rings (SSSR count). The van der Waals surface area contributed by atoms with Crippen molar-refractivity contribution in [1.82, 2.24) is 4.57 Å². The van der Waals surface area contributed by atoms with Crippen LogP contribution in [-0.2, 0) is 37.9 Å². The van der Waals surface area contributed by atoms with E-state index in [1.54, 1.807) is 4.57 Å². The first-order chi connectivity index (χ1) is 58.3. The van der Waals surface area contributed by atoms with Crippen molar-refractivity contribution in [1.29, 1.82) is 0 Å². The van der Waals surface area contributed by atoms with Crippen molar-refractivity contribution in [2.45, 2.75) is 183 Å². The molecule has 0 aliphatic carbocycles. The zero-order valence-electron chi connectivity index (χ0n) is 79.6. The van der Waals surface area contributed by atoms with Crippen LogP contribution in [0.3, 0.4) is 0 Å². The number of hydrogen-bond donors (Lipinski definition) is 0. The average molecular weight is 1520 g/mol. The van der Waals surface area contributed by atoms with Gasteiger partial charge in [-0.1, -0.05) is 358 Å². The molecule has 2 aliphatic heterocycles. The van der Waals surface area contributed by atoms with Crippen LogP contribution in [0.25, 0.3) is 105 Å². The third-order valence-electron chi connectivity index (χ3n) is 24.3. The van der Waals surface area contributed by atoms with Crippen LogP contribution >= 0.6 is 0 Å². The Morgan fingerprint density at radius 3 is 0.931 bits per heavy atom. The lowest BCUT2D eigenvalue weighted by Crippen LogP contribution is -2.61. The number of anilines is 6. The number of aromatic nitrogens is 1. The van der Waals surface area contributed by atoms with Gasteiger partial charge in [-0.25, -0.2) is 0 Å². The fraction of sp³-hybridized carbons (Fsp3) is 0.250. The molecule has 3 nitrogen and oxygen atoms in total. The van der Waals surface area contributed by atoms with Crippen molar-refractivity contribution in [3.8, 4) is 83.6 Å². The van der Waals surface area contributed by atoms with E-state index in [9.17, 15) is 11.0 Å². The predicted octanol–water partition coefficient (Wildman–Crippen LogP) is 29.6. The monoisotopic (exact) mass is 1520 g/mol. The molecule has 0 bridgehead atoms. The Labute approximate surface area is 703 Å². The molecule has 0 saturated carbocycles. The number of fused-ring (bicyclic) bond motifs is 7. The number of hydrogen-bond acceptors (Lipinski definition) is 2. The van der Waals surface area contributed by atoms with Gasteiger partial charge in [0.25, 0.3) is 6.71 Å².